The Morgan fingerprint density at radius 1 is 0.929 bits per heavy atom. The van der Waals surface area contributed by atoms with E-state index in [0.717, 1.165) is 41.2 Å². The zero-order chi connectivity index (χ0) is 19.5. The van der Waals surface area contributed by atoms with Crippen molar-refractivity contribution in [3.8, 4) is 17.2 Å². The van der Waals surface area contributed by atoms with Gasteiger partial charge in [0.25, 0.3) is 0 Å². The SMILES string of the molecule is COCOc1ccc([C@H]2Oc3ccc(OCOC)cc3[C@H]3C[C@H](O)C[C@H]32)cc1. The third kappa shape index (κ3) is 3.81. The lowest BCUT2D eigenvalue weighted by atomic mass is 9.80. The second-order valence-electron chi connectivity index (χ2n) is 7.30. The van der Waals surface area contributed by atoms with Gasteiger partial charge in [0.2, 0.25) is 0 Å². The lowest BCUT2D eigenvalue weighted by Crippen LogP contribution is -2.26. The minimum Gasteiger partial charge on any atom is -0.485 e. The molecule has 4 rings (SSSR count). The second-order valence-corrected chi connectivity index (χ2v) is 7.30. The number of hydrogen-bond acceptors (Lipinski definition) is 6. The van der Waals surface area contributed by atoms with Crippen molar-refractivity contribution in [2.45, 2.75) is 31.0 Å². The zero-order valence-corrected chi connectivity index (χ0v) is 16.2. The van der Waals surface area contributed by atoms with Crippen molar-refractivity contribution in [1.82, 2.24) is 0 Å². The smallest absolute Gasteiger partial charge is 0.188 e. The van der Waals surface area contributed by atoms with Crippen molar-refractivity contribution in [2.24, 2.45) is 5.92 Å². The van der Waals surface area contributed by atoms with Gasteiger partial charge in [-0.15, -0.1) is 0 Å². The molecule has 4 atom stereocenters. The fraction of sp³-hybridized carbons (Fsp3) is 0.455. The van der Waals surface area contributed by atoms with Gasteiger partial charge >= 0.3 is 0 Å². The fourth-order valence-corrected chi connectivity index (χ4v) is 4.30. The Morgan fingerprint density at radius 3 is 2.32 bits per heavy atom. The van der Waals surface area contributed by atoms with Crippen molar-refractivity contribution < 1.29 is 28.8 Å². The summed E-state index contributed by atoms with van der Waals surface area (Å²) in [5, 5.41) is 10.4. The lowest BCUT2D eigenvalue weighted by Gasteiger charge is -2.36. The van der Waals surface area contributed by atoms with Crippen molar-refractivity contribution in [3.05, 3.63) is 53.6 Å². The van der Waals surface area contributed by atoms with Gasteiger partial charge in [-0.3, -0.25) is 0 Å². The molecule has 1 saturated carbocycles. The van der Waals surface area contributed by atoms with Crippen LogP contribution in [0.25, 0.3) is 0 Å². The summed E-state index contributed by atoms with van der Waals surface area (Å²) in [5.74, 6) is 2.81. The van der Waals surface area contributed by atoms with E-state index >= 15 is 0 Å². The molecule has 1 fully saturated rings. The molecule has 2 aromatic carbocycles. The molecular weight excluding hydrogens is 360 g/mol. The molecular formula is C22H26O6. The molecule has 0 unspecified atom stereocenters. The molecule has 150 valence electrons. The Hall–Kier alpha value is -2.28. The number of hydrogen-bond donors (Lipinski definition) is 1. The van der Waals surface area contributed by atoms with E-state index in [1.54, 1.807) is 14.2 Å². The Morgan fingerprint density at radius 2 is 1.61 bits per heavy atom. The Labute approximate surface area is 164 Å². The van der Waals surface area contributed by atoms with Crippen LogP contribution >= 0.6 is 0 Å². The minimum absolute atomic E-state index is 0.100. The molecule has 0 amide bonds. The first-order chi connectivity index (χ1) is 13.7. The standard InChI is InChI=1S/C22H26O6/c1-24-12-26-16-5-3-14(4-6-16)22-20-10-15(23)9-18(20)19-11-17(27-13-25-2)7-8-21(19)28-22/h3-8,11,15,18,20,22-23H,9-10,12-13H2,1-2H3/t15-,18+,20+,22+/m0/s1. The number of aliphatic hydroxyl groups is 1. The van der Waals surface area contributed by atoms with Crippen molar-refractivity contribution in [2.75, 3.05) is 27.8 Å². The normalized spacial score (nSPS) is 25.5. The van der Waals surface area contributed by atoms with Crippen LogP contribution in [-0.2, 0) is 9.47 Å². The van der Waals surface area contributed by atoms with Gasteiger partial charge in [0.1, 0.15) is 23.4 Å². The number of ether oxygens (including phenoxy) is 5. The molecule has 1 heterocycles. The molecule has 2 aromatic rings. The van der Waals surface area contributed by atoms with Gasteiger partial charge in [-0.1, -0.05) is 12.1 Å². The average Bonchev–Trinajstić information content (AvgIpc) is 3.12. The summed E-state index contributed by atoms with van der Waals surface area (Å²) in [6, 6.07) is 13.8. The fourth-order valence-electron chi connectivity index (χ4n) is 4.30. The summed E-state index contributed by atoms with van der Waals surface area (Å²) < 4.78 is 27.4. The Kier molecular flexibility index (Phi) is 5.71. The van der Waals surface area contributed by atoms with Gasteiger partial charge in [0.15, 0.2) is 13.6 Å². The monoisotopic (exact) mass is 386 g/mol. The molecule has 0 radical (unpaired) electrons. The molecule has 0 bridgehead atoms. The number of aliphatic hydroxyl groups excluding tert-OH is 1. The maximum absolute atomic E-state index is 10.4. The molecule has 1 aliphatic heterocycles. The molecule has 1 N–H and O–H groups in total. The van der Waals surface area contributed by atoms with E-state index in [4.69, 9.17) is 23.7 Å². The first-order valence-corrected chi connectivity index (χ1v) is 9.51. The van der Waals surface area contributed by atoms with Crippen LogP contribution in [0, 0.1) is 5.92 Å². The highest BCUT2D eigenvalue weighted by atomic mass is 16.7. The van der Waals surface area contributed by atoms with Gasteiger partial charge in [-0.25, -0.2) is 0 Å². The molecule has 1 aliphatic carbocycles. The molecule has 6 nitrogen and oxygen atoms in total. The van der Waals surface area contributed by atoms with Crippen LogP contribution in [0.15, 0.2) is 42.5 Å². The van der Waals surface area contributed by atoms with E-state index in [1.807, 2.05) is 42.5 Å². The highest BCUT2D eigenvalue weighted by Gasteiger charge is 2.45. The molecule has 2 aliphatic rings. The first kappa shape index (κ1) is 19.1. The number of rotatable bonds is 7. The molecule has 28 heavy (non-hydrogen) atoms. The predicted octanol–water partition coefficient (Wildman–Crippen LogP) is 3.64. The van der Waals surface area contributed by atoms with Gasteiger partial charge in [-0.2, -0.15) is 0 Å². The summed E-state index contributed by atoms with van der Waals surface area (Å²) in [4.78, 5) is 0. The van der Waals surface area contributed by atoms with Crippen LogP contribution < -0.4 is 14.2 Å². The molecule has 0 aromatic heterocycles. The van der Waals surface area contributed by atoms with Gasteiger partial charge in [-0.05, 0) is 54.7 Å². The third-order valence-corrected chi connectivity index (χ3v) is 5.51. The largest absolute Gasteiger partial charge is 0.485 e. The van der Waals surface area contributed by atoms with Gasteiger partial charge < -0.3 is 28.8 Å². The van der Waals surface area contributed by atoms with Crippen molar-refractivity contribution in [1.29, 1.82) is 0 Å². The van der Waals surface area contributed by atoms with Crippen LogP contribution in [0.3, 0.4) is 0 Å². The van der Waals surface area contributed by atoms with Crippen LogP contribution in [0.1, 0.15) is 36.0 Å². The maximum atomic E-state index is 10.4. The van der Waals surface area contributed by atoms with E-state index in [0.29, 0.717) is 0 Å². The summed E-state index contributed by atoms with van der Waals surface area (Å²) in [6.45, 7) is 0.424. The second kappa shape index (κ2) is 8.39. The van der Waals surface area contributed by atoms with E-state index in [9.17, 15) is 5.11 Å². The minimum atomic E-state index is -0.320. The summed E-state index contributed by atoms with van der Waals surface area (Å²) in [7, 11) is 3.19. The van der Waals surface area contributed by atoms with Crippen molar-refractivity contribution >= 4 is 0 Å². The Balaban J connectivity index is 1.60. The van der Waals surface area contributed by atoms with E-state index in [1.165, 1.54) is 0 Å². The van der Waals surface area contributed by atoms with Crippen molar-refractivity contribution in [3.63, 3.8) is 0 Å². The van der Waals surface area contributed by atoms with E-state index in [-0.39, 0.29) is 37.6 Å². The maximum Gasteiger partial charge on any atom is 0.188 e. The predicted molar refractivity (Wildman–Crippen MR) is 103 cm³/mol. The van der Waals surface area contributed by atoms with E-state index < -0.39 is 0 Å². The van der Waals surface area contributed by atoms with Crippen LogP contribution in [0.2, 0.25) is 0 Å². The highest BCUT2D eigenvalue weighted by molar-refractivity contribution is 5.46. The molecule has 6 heteroatoms. The van der Waals surface area contributed by atoms with Gasteiger partial charge in [0.05, 0.1) is 6.10 Å². The van der Waals surface area contributed by atoms with Gasteiger partial charge in [0, 0.05) is 25.7 Å². The summed E-state index contributed by atoms with van der Waals surface area (Å²) in [6.07, 6.45) is 1.04. The average molecular weight is 386 g/mol. The number of fused-ring (bicyclic) bond motifs is 3. The molecule has 0 saturated heterocycles. The topological polar surface area (TPSA) is 66.4 Å². The first-order valence-electron chi connectivity index (χ1n) is 9.51. The van der Waals surface area contributed by atoms with Crippen LogP contribution in [0.4, 0.5) is 0 Å². The quantitative estimate of drug-likeness (QED) is 0.733. The zero-order valence-electron chi connectivity index (χ0n) is 16.2. The third-order valence-electron chi connectivity index (χ3n) is 5.51. The summed E-state index contributed by atoms with van der Waals surface area (Å²) in [5.41, 5.74) is 2.19. The molecule has 0 spiro atoms. The lowest BCUT2D eigenvalue weighted by molar-refractivity contribution is 0.0502. The number of methoxy groups -OCH3 is 2. The van der Waals surface area contributed by atoms with E-state index in [2.05, 4.69) is 0 Å². The van der Waals surface area contributed by atoms with Crippen LogP contribution in [-0.4, -0.2) is 39.0 Å². The number of benzene rings is 2. The Bertz CT molecular complexity index is 790. The van der Waals surface area contributed by atoms with Crippen LogP contribution in [0.5, 0.6) is 17.2 Å². The summed E-state index contributed by atoms with van der Waals surface area (Å²) >= 11 is 0. The highest BCUT2D eigenvalue weighted by Crippen LogP contribution is 2.54.